The topological polar surface area (TPSA) is 22.2 Å². The lowest BCUT2D eigenvalue weighted by atomic mass is 9.93. The van der Waals surface area contributed by atoms with Crippen LogP contribution in [0.3, 0.4) is 0 Å². The lowest BCUT2D eigenvalue weighted by Crippen LogP contribution is -2.14. The van der Waals surface area contributed by atoms with E-state index in [1.807, 2.05) is 0 Å². The molecule has 0 unspecified atom stereocenters. The van der Waals surface area contributed by atoms with Gasteiger partial charge >= 0.3 is 0 Å². The van der Waals surface area contributed by atoms with Crippen LogP contribution in [0.25, 0.3) is 11.1 Å². The molecule has 5 heteroatoms. The quantitative estimate of drug-likeness (QED) is 0.134. The molecule has 0 heterocycles. The van der Waals surface area contributed by atoms with Gasteiger partial charge in [0.2, 0.25) is 0 Å². The van der Waals surface area contributed by atoms with Crippen molar-refractivity contribution in [1.82, 2.24) is 0 Å². The number of anilines is 4. The average Bonchev–Trinajstić information content (AvgIpc) is 3.10. The summed E-state index contributed by atoms with van der Waals surface area (Å²) in [7, 11) is 16.6. The van der Waals surface area contributed by atoms with Crippen molar-refractivity contribution in [2.75, 3.05) is 76.0 Å². The molecule has 0 bridgehead atoms. The van der Waals surface area contributed by atoms with Crippen LogP contribution in [0.2, 0.25) is 0 Å². The van der Waals surface area contributed by atoms with E-state index in [1.165, 1.54) is 5.56 Å². The van der Waals surface area contributed by atoms with Gasteiger partial charge in [-0.1, -0.05) is 66.2 Å². The first-order valence-corrected chi connectivity index (χ1v) is 16.8. The van der Waals surface area contributed by atoms with E-state index >= 15 is 0 Å². The minimum absolute atomic E-state index is 0.392. The molecule has 49 heavy (non-hydrogen) atoms. The molecule has 0 aliphatic rings. The predicted molar refractivity (Wildman–Crippen MR) is 213 cm³/mol. The van der Waals surface area contributed by atoms with Crippen LogP contribution in [-0.4, -0.2) is 62.5 Å². The summed E-state index contributed by atoms with van der Waals surface area (Å²) in [6.07, 6.45) is 4.13. The molecule has 5 aromatic carbocycles. The van der Waals surface area contributed by atoms with Gasteiger partial charge in [-0.05, 0) is 113 Å². The molecule has 5 nitrogen and oxygen atoms in total. The molecular formula is C44H50N4O. The van der Waals surface area contributed by atoms with Gasteiger partial charge in [-0.3, -0.25) is 0 Å². The number of nitrogens with zero attached hydrogens (tertiary/aromatic N) is 4. The van der Waals surface area contributed by atoms with Gasteiger partial charge < -0.3 is 24.3 Å². The molecule has 252 valence electrons. The van der Waals surface area contributed by atoms with Gasteiger partial charge in [0.1, 0.15) is 11.9 Å². The van der Waals surface area contributed by atoms with Crippen molar-refractivity contribution in [3.05, 3.63) is 161 Å². The second kappa shape index (κ2) is 15.7. The van der Waals surface area contributed by atoms with E-state index in [0.717, 1.165) is 61.9 Å². The van der Waals surface area contributed by atoms with Gasteiger partial charge in [-0.25, -0.2) is 0 Å². The standard InChI is InChI=1S/C44H50N4O/c1-32-10-28-41(29-11-32)49-42(30-43(33-12-20-37(21-13-33)45(2)3)34-14-22-38(23-15-34)46(4)5)31-44(35-16-24-39(25-17-35)47(6)7)36-18-26-40(27-19-36)48(8)9/h10-31,42H,1-9H3. The van der Waals surface area contributed by atoms with Gasteiger partial charge in [-0.15, -0.1) is 0 Å². The minimum atomic E-state index is -0.392. The van der Waals surface area contributed by atoms with Crippen molar-refractivity contribution in [2.24, 2.45) is 0 Å². The molecule has 0 saturated carbocycles. The fourth-order valence-electron chi connectivity index (χ4n) is 5.69. The monoisotopic (exact) mass is 650 g/mol. The Labute approximate surface area is 294 Å². The van der Waals surface area contributed by atoms with Crippen LogP contribution in [0.1, 0.15) is 27.8 Å². The summed E-state index contributed by atoms with van der Waals surface area (Å²) in [5, 5.41) is 0. The Hall–Kier alpha value is -5.42. The summed E-state index contributed by atoms with van der Waals surface area (Å²) < 4.78 is 6.88. The molecule has 0 saturated heterocycles. The average molecular weight is 651 g/mol. The minimum Gasteiger partial charge on any atom is -0.482 e. The van der Waals surface area contributed by atoms with Crippen LogP contribution in [0.5, 0.6) is 5.75 Å². The normalized spacial score (nSPS) is 10.7. The zero-order valence-corrected chi connectivity index (χ0v) is 30.5. The molecule has 0 radical (unpaired) electrons. The summed E-state index contributed by atoms with van der Waals surface area (Å²) in [5.41, 5.74) is 12.5. The van der Waals surface area contributed by atoms with Crippen LogP contribution in [0.4, 0.5) is 22.7 Å². The molecule has 5 rings (SSSR count). The highest BCUT2D eigenvalue weighted by atomic mass is 16.5. The summed E-state index contributed by atoms with van der Waals surface area (Å²) in [5.74, 6) is 0.818. The smallest absolute Gasteiger partial charge is 0.137 e. The highest BCUT2D eigenvalue weighted by Crippen LogP contribution is 2.32. The third-order valence-corrected chi connectivity index (χ3v) is 8.73. The van der Waals surface area contributed by atoms with Crippen molar-refractivity contribution in [1.29, 1.82) is 0 Å². The number of hydrogen-bond donors (Lipinski definition) is 0. The molecule has 0 aromatic heterocycles. The van der Waals surface area contributed by atoms with Gasteiger partial charge in [0.25, 0.3) is 0 Å². The first-order chi connectivity index (χ1) is 23.5. The van der Waals surface area contributed by atoms with Crippen LogP contribution in [-0.2, 0) is 0 Å². The SMILES string of the molecule is Cc1ccc(OC(C=C(c2ccc(N(C)C)cc2)c2ccc(N(C)C)cc2)C=C(c2ccc(N(C)C)cc2)c2ccc(N(C)C)cc2)cc1. The second-order valence-corrected chi connectivity index (χ2v) is 13.3. The second-order valence-electron chi connectivity index (χ2n) is 13.3. The van der Waals surface area contributed by atoms with Gasteiger partial charge in [-0.2, -0.15) is 0 Å². The van der Waals surface area contributed by atoms with Gasteiger partial charge in [0.15, 0.2) is 0 Å². The van der Waals surface area contributed by atoms with E-state index < -0.39 is 6.10 Å². The highest BCUT2D eigenvalue weighted by molar-refractivity contribution is 5.84. The van der Waals surface area contributed by atoms with E-state index in [2.05, 4.69) is 216 Å². The van der Waals surface area contributed by atoms with E-state index in [9.17, 15) is 0 Å². The fraction of sp³-hybridized carbons (Fsp3) is 0.227. The number of ether oxygens (including phenoxy) is 1. The maximum Gasteiger partial charge on any atom is 0.137 e. The van der Waals surface area contributed by atoms with E-state index in [1.54, 1.807) is 0 Å². The van der Waals surface area contributed by atoms with Crippen molar-refractivity contribution in [2.45, 2.75) is 13.0 Å². The van der Waals surface area contributed by atoms with Crippen LogP contribution in [0.15, 0.2) is 133 Å². The Morgan fingerprint density at radius 2 is 0.673 bits per heavy atom. The number of aryl methyl sites for hydroxylation is 1. The van der Waals surface area contributed by atoms with E-state index in [4.69, 9.17) is 4.74 Å². The van der Waals surface area contributed by atoms with Crippen molar-refractivity contribution < 1.29 is 4.74 Å². The fourth-order valence-corrected chi connectivity index (χ4v) is 5.69. The summed E-state index contributed by atoms with van der Waals surface area (Å²) in [6.45, 7) is 2.10. The molecule has 0 N–H and O–H groups in total. The van der Waals surface area contributed by atoms with E-state index in [0.29, 0.717) is 0 Å². The van der Waals surface area contributed by atoms with Crippen molar-refractivity contribution in [3.63, 3.8) is 0 Å². The summed E-state index contributed by atoms with van der Waals surface area (Å²) >= 11 is 0. The van der Waals surface area contributed by atoms with Crippen LogP contribution >= 0.6 is 0 Å². The third-order valence-electron chi connectivity index (χ3n) is 8.73. The Kier molecular flexibility index (Phi) is 11.1. The first kappa shape index (κ1) is 34.9. The third kappa shape index (κ3) is 8.94. The molecule has 0 amide bonds. The van der Waals surface area contributed by atoms with Crippen LogP contribution in [0, 0.1) is 6.92 Å². The maximum atomic E-state index is 6.88. The zero-order valence-electron chi connectivity index (χ0n) is 30.5. The Bertz CT molecular complexity index is 1630. The van der Waals surface area contributed by atoms with Gasteiger partial charge in [0.05, 0.1) is 0 Å². The van der Waals surface area contributed by atoms with Gasteiger partial charge in [0, 0.05) is 79.1 Å². The lowest BCUT2D eigenvalue weighted by molar-refractivity contribution is 0.297. The summed E-state index contributed by atoms with van der Waals surface area (Å²) in [4.78, 5) is 8.50. The molecule has 0 aliphatic carbocycles. The Balaban J connectivity index is 1.72. The molecule has 0 fully saturated rings. The van der Waals surface area contributed by atoms with E-state index in [-0.39, 0.29) is 0 Å². The number of benzene rings is 5. The Morgan fingerprint density at radius 1 is 0.408 bits per heavy atom. The molecule has 0 aliphatic heterocycles. The van der Waals surface area contributed by atoms with Crippen molar-refractivity contribution >= 4 is 33.9 Å². The predicted octanol–water partition coefficient (Wildman–Crippen LogP) is 9.27. The molecule has 0 atom stereocenters. The van der Waals surface area contributed by atoms with Crippen molar-refractivity contribution in [3.8, 4) is 5.75 Å². The molecular weight excluding hydrogens is 601 g/mol. The van der Waals surface area contributed by atoms with Crippen LogP contribution < -0.4 is 24.3 Å². The first-order valence-electron chi connectivity index (χ1n) is 16.8. The highest BCUT2D eigenvalue weighted by Gasteiger charge is 2.16. The Morgan fingerprint density at radius 3 is 0.918 bits per heavy atom. The summed E-state index contributed by atoms with van der Waals surface area (Å²) in [6, 6.07) is 43.3. The number of hydrogen-bond acceptors (Lipinski definition) is 5. The largest absolute Gasteiger partial charge is 0.482 e. The maximum absolute atomic E-state index is 6.88. The molecule has 0 spiro atoms. The zero-order chi connectivity index (χ0) is 35.1. The molecule has 5 aromatic rings. The number of rotatable bonds is 12. The lowest BCUT2D eigenvalue weighted by Gasteiger charge is -2.21.